The van der Waals surface area contributed by atoms with Crippen molar-refractivity contribution < 1.29 is 0 Å². The van der Waals surface area contributed by atoms with Gasteiger partial charge in [0.2, 0.25) is 0 Å². The predicted octanol–water partition coefficient (Wildman–Crippen LogP) is 2.38. The summed E-state index contributed by atoms with van der Waals surface area (Å²) in [7, 11) is 3.91. The highest BCUT2D eigenvalue weighted by molar-refractivity contribution is 6.31. The van der Waals surface area contributed by atoms with E-state index in [4.69, 9.17) is 11.6 Å². The number of nitrogens with zero attached hydrogens (tertiary/aromatic N) is 2. The lowest BCUT2D eigenvalue weighted by atomic mass is 10.1. The van der Waals surface area contributed by atoms with Crippen molar-refractivity contribution in [1.82, 2.24) is 14.9 Å². The van der Waals surface area contributed by atoms with Gasteiger partial charge in [0, 0.05) is 37.4 Å². The number of hydrogen-bond donors (Lipinski definition) is 1. The average Bonchev–Trinajstić information content (AvgIpc) is 2.69. The van der Waals surface area contributed by atoms with E-state index in [2.05, 4.69) is 22.4 Å². The van der Waals surface area contributed by atoms with Crippen LogP contribution in [0.3, 0.4) is 0 Å². The van der Waals surface area contributed by atoms with Crippen molar-refractivity contribution in [3.8, 4) is 0 Å². The zero-order valence-corrected chi connectivity index (χ0v) is 10.8. The molecule has 0 bridgehead atoms. The summed E-state index contributed by atoms with van der Waals surface area (Å²) in [5.74, 6) is 1.04. The van der Waals surface area contributed by atoms with E-state index in [-0.39, 0.29) is 0 Å². The van der Waals surface area contributed by atoms with Crippen LogP contribution in [0.1, 0.15) is 17.0 Å². The maximum Gasteiger partial charge on any atom is 0.112 e. The lowest BCUT2D eigenvalue weighted by Crippen LogP contribution is -2.06. The van der Waals surface area contributed by atoms with Gasteiger partial charge in [-0.1, -0.05) is 23.7 Å². The molecule has 0 aliphatic carbocycles. The zero-order chi connectivity index (χ0) is 12.3. The minimum Gasteiger partial charge on any atom is -0.338 e. The van der Waals surface area contributed by atoms with Crippen LogP contribution in [-0.2, 0) is 20.0 Å². The summed E-state index contributed by atoms with van der Waals surface area (Å²) in [5, 5.41) is 3.91. The van der Waals surface area contributed by atoms with Crippen molar-refractivity contribution in [2.75, 3.05) is 7.05 Å². The first-order chi connectivity index (χ1) is 8.20. The number of nitrogens with one attached hydrogen (secondary N) is 1. The minimum absolute atomic E-state index is 0.793. The number of aromatic nitrogens is 2. The van der Waals surface area contributed by atoms with Gasteiger partial charge < -0.3 is 9.88 Å². The Hall–Kier alpha value is -1.32. The molecule has 0 aliphatic heterocycles. The number of hydrogen-bond acceptors (Lipinski definition) is 2. The van der Waals surface area contributed by atoms with E-state index in [1.807, 2.05) is 37.1 Å². The smallest absolute Gasteiger partial charge is 0.112 e. The Morgan fingerprint density at radius 1 is 1.41 bits per heavy atom. The lowest BCUT2D eigenvalue weighted by molar-refractivity contribution is 0.811. The largest absolute Gasteiger partial charge is 0.338 e. The number of aryl methyl sites for hydroxylation is 1. The molecule has 1 aromatic heterocycles. The molecule has 0 radical (unpaired) electrons. The Balaban J connectivity index is 2.18. The highest BCUT2D eigenvalue weighted by atomic mass is 35.5. The van der Waals surface area contributed by atoms with Crippen molar-refractivity contribution in [3.05, 3.63) is 52.6 Å². The molecule has 4 heteroatoms. The van der Waals surface area contributed by atoms with Crippen molar-refractivity contribution in [3.63, 3.8) is 0 Å². The average molecular weight is 250 g/mol. The van der Waals surface area contributed by atoms with Gasteiger partial charge in [-0.2, -0.15) is 0 Å². The van der Waals surface area contributed by atoms with Crippen LogP contribution in [0.5, 0.6) is 0 Å². The van der Waals surface area contributed by atoms with Gasteiger partial charge in [-0.15, -0.1) is 0 Å². The van der Waals surface area contributed by atoms with Gasteiger partial charge in [0.15, 0.2) is 0 Å². The van der Waals surface area contributed by atoms with Gasteiger partial charge in [0.05, 0.1) is 0 Å². The fourth-order valence-corrected chi connectivity index (χ4v) is 2.05. The third-order valence-corrected chi connectivity index (χ3v) is 3.12. The summed E-state index contributed by atoms with van der Waals surface area (Å²) >= 11 is 6.22. The summed E-state index contributed by atoms with van der Waals surface area (Å²) < 4.78 is 2.02. The topological polar surface area (TPSA) is 29.9 Å². The molecular formula is C13H16ClN3. The highest BCUT2D eigenvalue weighted by Gasteiger charge is 2.04. The lowest BCUT2D eigenvalue weighted by Gasteiger charge is -2.07. The van der Waals surface area contributed by atoms with Gasteiger partial charge in [0.25, 0.3) is 0 Å². The van der Waals surface area contributed by atoms with E-state index in [9.17, 15) is 0 Å². The molecule has 0 atom stereocenters. The molecule has 0 aliphatic rings. The van der Waals surface area contributed by atoms with E-state index in [0.29, 0.717) is 0 Å². The highest BCUT2D eigenvalue weighted by Crippen LogP contribution is 2.19. The molecule has 1 N–H and O–H groups in total. The van der Waals surface area contributed by atoms with Gasteiger partial charge in [-0.05, 0) is 24.2 Å². The van der Waals surface area contributed by atoms with E-state index in [0.717, 1.165) is 29.4 Å². The van der Waals surface area contributed by atoms with Crippen LogP contribution < -0.4 is 5.32 Å². The van der Waals surface area contributed by atoms with Crippen LogP contribution >= 0.6 is 11.6 Å². The van der Waals surface area contributed by atoms with Crippen LogP contribution in [0.25, 0.3) is 0 Å². The first kappa shape index (κ1) is 12.1. The van der Waals surface area contributed by atoms with Crippen LogP contribution in [-0.4, -0.2) is 16.6 Å². The van der Waals surface area contributed by atoms with E-state index < -0.39 is 0 Å². The molecule has 0 amide bonds. The standard InChI is InChI=1S/C13H16ClN3/c1-15-9-11-4-3-10(7-12(11)14)8-13-16-5-6-17(13)2/h3-7,15H,8-9H2,1-2H3. The number of imidazole rings is 1. The Morgan fingerprint density at radius 3 is 2.82 bits per heavy atom. The Labute approximate surface area is 106 Å². The second kappa shape index (κ2) is 5.34. The van der Waals surface area contributed by atoms with Gasteiger partial charge >= 0.3 is 0 Å². The van der Waals surface area contributed by atoms with Crippen molar-refractivity contribution in [1.29, 1.82) is 0 Å². The molecule has 0 saturated heterocycles. The predicted molar refractivity (Wildman–Crippen MR) is 70.2 cm³/mol. The second-order valence-electron chi connectivity index (χ2n) is 4.09. The first-order valence-electron chi connectivity index (χ1n) is 5.59. The van der Waals surface area contributed by atoms with Crippen LogP contribution in [0.4, 0.5) is 0 Å². The Morgan fingerprint density at radius 2 is 2.24 bits per heavy atom. The van der Waals surface area contributed by atoms with E-state index >= 15 is 0 Å². The van der Waals surface area contributed by atoms with Crippen molar-refractivity contribution in [2.45, 2.75) is 13.0 Å². The zero-order valence-electron chi connectivity index (χ0n) is 10.1. The molecule has 3 nitrogen and oxygen atoms in total. The Kier molecular flexibility index (Phi) is 3.82. The van der Waals surface area contributed by atoms with Crippen LogP contribution in [0.2, 0.25) is 5.02 Å². The molecule has 0 unspecified atom stereocenters. The maximum absolute atomic E-state index is 6.22. The molecular weight excluding hydrogens is 234 g/mol. The number of rotatable bonds is 4. The molecule has 1 heterocycles. The fourth-order valence-electron chi connectivity index (χ4n) is 1.78. The molecule has 90 valence electrons. The molecule has 2 rings (SSSR count). The summed E-state index contributed by atoms with van der Waals surface area (Å²) in [6.07, 6.45) is 4.57. The van der Waals surface area contributed by atoms with Gasteiger partial charge in [-0.25, -0.2) is 4.98 Å². The van der Waals surface area contributed by atoms with Crippen LogP contribution in [0.15, 0.2) is 30.6 Å². The van der Waals surface area contributed by atoms with Crippen molar-refractivity contribution >= 4 is 11.6 Å². The van der Waals surface area contributed by atoms with Crippen LogP contribution in [0, 0.1) is 0 Å². The molecule has 2 aromatic rings. The third-order valence-electron chi connectivity index (χ3n) is 2.77. The molecule has 17 heavy (non-hydrogen) atoms. The van der Waals surface area contributed by atoms with Gasteiger partial charge in [-0.3, -0.25) is 0 Å². The maximum atomic E-state index is 6.22. The summed E-state index contributed by atoms with van der Waals surface area (Å²) in [6, 6.07) is 6.19. The minimum atomic E-state index is 0.793. The summed E-state index contributed by atoms with van der Waals surface area (Å²) in [6.45, 7) is 0.793. The van der Waals surface area contributed by atoms with Crippen molar-refractivity contribution in [2.24, 2.45) is 7.05 Å². The third kappa shape index (κ3) is 2.87. The van der Waals surface area contributed by atoms with Gasteiger partial charge in [0.1, 0.15) is 5.82 Å². The first-order valence-corrected chi connectivity index (χ1v) is 5.96. The molecule has 0 saturated carbocycles. The monoisotopic (exact) mass is 249 g/mol. The second-order valence-corrected chi connectivity index (χ2v) is 4.49. The number of benzene rings is 1. The fraction of sp³-hybridized carbons (Fsp3) is 0.308. The summed E-state index contributed by atoms with van der Waals surface area (Å²) in [4.78, 5) is 4.31. The summed E-state index contributed by atoms with van der Waals surface area (Å²) in [5.41, 5.74) is 2.31. The molecule has 0 spiro atoms. The normalized spacial score (nSPS) is 10.8. The molecule has 1 aromatic carbocycles. The number of halogens is 1. The SMILES string of the molecule is CNCc1ccc(Cc2nccn2C)cc1Cl. The molecule has 0 fully saturated rings. The quantitative estimate of drug-likeness (QED) is 0.902. The van der Waals surface area contributed by atoms with E-state index in [1.165, 1.54) is 5.56 Å². The van der Waals surface area contributed by atoms with E-state index in [1.54, 1.807) is 0 Å². The Bertz CT molecular complexity index is 505.